The maximum absolute atomic E-state index is 12.4. The van der Waals surface area contributed by atoms with E-state index in [1.807, 2.05) is 17.0 Å². The van der Waals surface area contributed by atoms with E-state index in [9.17, 15) is 4.79 Å². The standard InChI is InChI=1S/C21H34N4O2/c1-3-4-11-22-21(26)25-12-5-6-19(17-25)24-15-13-23(14-16-24)18-7-9-20(27-2)10-8-18/h7-10,19H,3-6,11-17H2,1-2H3,(H,22,26)/t19-/m0/s1. The van der Waals surface area contributed by atoms with Crippen LogP contribution < -0.4 is 15.0 Å². The first-order valence-electron chi connectivity index (χ1n) is 10.4. The van der Waals surface area contributed by atoms with Gasteiger partial charge in [-0.25, -0.2) is 4.79 Å². The van der Waals surface area contributed by atoms with Crippen LogP contribution in [0.25, 0.3) is 0 Å². The topological polar surface area (TPSA) is 48.1 Å². The number of piperazine rings is 1. The number of nitrogens with one attached hydrogen (secondary N) is 1. The monoisotopic (exact) mass is 374 g/mol. The average molecular weight is 375 g/mol. The van der Waals surface area contributed by atoms with Crippen LogP contribution in [0.3, 0.4) is 0 Å². The SMILES string of the molecule is CCCCNC(=O)N1CCC[C@H](N2CCN(c3ccc(OC)cc3)CC2)C1. The number of unbranched alkanes of at least 4 members (excludes halogenated alkanes) is 1. The summed E-state index contributed by atoms with van der Waals surface area (Å²) < 4.78 is 5.25. The number of anilines is 1. The van der Waals surface area contributed by atoms with Gasteiger partial charge in [-0.2, -0.15) is 0 Å². The molecule has 0 bridgehead atoms. The number of benzene rings is 1. The number of carbonyl (C=O) groups excluding carboxylic acids is 1. The van der Waals surface area contributed by atoms with E-state index in [1.165, 1.54) is 12.1 Å². The van der Waals surface area contributed by atoms with Crippen molar-refractivity contribution < 1.29 is 9.53 Å². The number of piperidine rings is 1. The zero-order valence-corrected chi connectivity index (χ0v) is 16.8. The summed E-state index contributed by atoms with van der Waals surface area (Å²) in [6, 6.07) is 8.93. The molecule has 1 atom stereocenters. The van der Waals surface area contributed by atoms with Crippen molar-refractivity contribution in [2.24, 2.45) is 0 Å². The van der Waals surface area contributed by atoms with Gasteiger partial charge in [-0.3, -0.25) is 4.90 Å². The molecule has 2 aliphatic heterocycles. The average Bonchev–Trinajstić information content (AvgIpc) is 2.74. The number of hydrogen-bond acceptors (Lipinski definition) is 4. The number of nitrogens with zero attached hydrogens (tertiary/aromatic N) is 3. The molecule has 1 N–H and O–H groups in total. The Hall–Kier alpha value is -1.95. The molecule has 2 fully saturated rings. The van der Waals surface area contributed by atoms with Crippen LogP contribution in [-0.2, 0) is 0 Å². The van der Waals surface area contributed by atoms with Crippen LogP contribution in [0.15, 0.2) is 24.3 Å². The van der Waals surface area contributed by atoms with Crippen LogP contribution in [0.1, 0.15) is 32.6 Å². The van der Waals surface area contributed by atoms with Gasteiger partial charge in [-0.05, 0) is 43.5 Å². The summed E-state index contributed by atoms with van der Waals surface area (Å²) in [6.07, 6.45) is 4.46. The minimum absolute atomic E-state index is 0.116. The van der Waals surface area contributed by atoms with Crippen molar-refractivity contribution in [3.63, 3.8) is 0 Å². The molecule has 27 heavy (non-hydrogen) atoms. The van der Waals surface area contributed by atoms with Crippen LogP contribution >= 0.6 is 0 Å². The van der Waals surface area contributed by atoms with E-state index in [1.54, 1.807) is 7.11 Å². The van der Waals surface area contributed by atoms with Gasteiger partial charge in [-0.15, -0.1) is 0 Å². The molecule has 0 saturated carbocycles. The summed E-state index contributed by atoms with van der Waals surface area (Å²) in [5, 5.41) is 3.06. The first kappa shape index (κ1) is 19.8. The van der Waals surface area contributed by atoms with Crippen LogP contribution in [0, 0.1) is 0 Å². The number of likely N-dealkylation sites (tertiary alicyclic amines) is 1. The highest BCUT2D eigenvalue weighted by atomic mass is 16.5. The largest absolute Gasteiger partial charge is 0.497 e. The number of hydrogen-bond donors (Lipinski definition) is 1. The van der Waals surface area contributed by atoms with Crippen LogP contribution in [0.2, 0.25) is 0 Å². The highest BCUT2D eigenvalue weighted by Gasteiger charge is 2.29. The molecule has 0 radical (unpaired) electrons. The Balaban J connectivity index is 1.47. The van der Waals surface area contributed by atoms with Crippen LogP contribution in [-0.4, -0.2) is 74.8 Å². The fourth-order valence-corrected chi connectivity index (χ4v) is 4.06. The summed E-state index contributed by atoms with van der Waals surface area (Å²) in [4.78, 5) is 19.4. The Morgan fingerprint density at radius 2 is 1.89 bits per heavy atom. The van der Waals surface area contributed by atoms with Gasteiger partial charge >= 0.3 is 6.03 Å². The summed E-state index contributed by atoms with van der Waals surface area (Å²) >= 11 is 0. The number of urea groups is 1. The lowest BCUT2D eigenvalue weighted by Gasteiger charge is -2.43. The second-order valence-corrected chi connectivity index (χ2v) is 7.55. The number of amides is 2. The van der Waals surface area contributed by atoms with E-state index in [4.69, 9.17) is 4.74 Å². The Bertz CT molecular complexity index is 584. The summed E-state index contributed by atoms with van der Waals surface area (Å²) in [5.74, 6) is 0.900. The second kappa shape index (κ2) is 9.83. The fourth-order valence-electron chi connectivity index (χ4n) is 4.06. The Morgan fingerprint density at radius 1 is 1.15 bits per heavy atom. The summed E-state index contributed by atoms with van der Waals surface area (Å²) in [5.41, 5.74) is 1.26. The molecule has 150 valence electrons. The Morgan fingerprint density at radius 3 is 2.56 bits per heavy atom. The number of carbonyl (C=O) groups is 1. The third-order valence-corrected chi connectivity index (χ3v) is 5.76. The van der Waals surface area contributed by atoms with E-state index in [-0.39, 0.29) is 6.03 Å². The second-order valence-electron chi connectivity index (χ2n) is 7.55. The predicted molar refractivity (Wildman–Crippen MR) is 110 cm³/mol. The molecule has 2 aliphatic rings. The normalized spacial score (nSPS) is 21.2. The molecule has 3 rings (SSSR count). The molecule has 2 amide bonds. The molecular weight excluding hydrogens is 340 g/mol. The lowest BCUT2D eigenvalue weighted by Crippen LogP contribution is -2.57. The minimum Gasteiger partial charge on any atom is -0.497 e. The van der Waals surface area contributed by atoms with Crippen molar-refractivity contribution in [2.75, 3.05) is 57.8 Å². The van der Waals surface area contributed by atoms with Gasteiger partial charge in [0.1, 0.15) is 5.75 Å². The van der Waals surface area contributed by atoms with Crippen molar-refractivity contribution in [3.05, 3.63) is 24.3 Å². The van der Waals surface area contributed by atoms with Crippen LogP contribution in [0.4, 0.5) is 10.5 Å². The zero-order chi connectivity index (χ0) is 19.1. The van der Waals surface area contributed by atoms with Crippen molar-refractivity contribution >= 4 is 11.7 Å². The lowest BCUT2D eigenvalue weighted by molar-refractivity contribution is 0.104. The molecule has 0 aromatic heterocycles. The first-order valence-corrected chi connectivity index (χ1v) is 10.4. The molecule has 6 nitrogen and oxygen atoms in total. The molecule has 1 aromatic rings. The third kappa shape index (κ3) is 5.28. The summed E-state index contributed by atoms with van der Waals surface area (Å²) in [6.45, 7) is 8.87. The van der Waals surface area contributed by atoms with E-state index in [2.05, 4.69) is 34.2 Å². The molecular formula is C21H34N4O2. The molecule has 2 heterocycles. The Labute approximate surface area is 163 Å². The molecule has 6 heteroatoms. The van der Waals surface area contributed by atoms with Crippen molar-refractivity contribution in [1.29, 1.82) is 0 Å². The van der Waals surface area contributed by atoms with Gasteiger partial charge in [0, 0.05) is 57.5 Å². The molecule has 2 saturated heterocycles. The number of ether oxygens (including phenoxy) is 1. The predicted octanol–water partition coefficient (Wildman–Crippen LogP) is 2.79. The highest BCUT2D eigenvalue weighted by molar-refractivity contribution is 5.74. The van der Waals surface area contributed by atoms with Crippen molar-refractivity contribution in [2.45, 2.75) is 38.6 Å². The van der Waals surface area contributed by atoms with Gasteiger partial charge in [-0.1, -0.05) is 13.3 Å². The minimum atomic E-state index is 0.116. The third-order valence-electron chi connectivity index (χ3n) is 5.76. The number of rotatable bonds is 6. The van der Waals surface area contributed by atoms with Gasteiger partial charge in [0.2, 0.25) is 0 Å². The Kier molecular flexibility index (Phi) is 7.21. The van der Waals surface area contributed by atoms with E-state index in [0.717, 1.165) is 70.8 Å². The van der Waals surface area contributed by atoms with E-state index < -0.39 is 0 Å². The molecule has 0 aliphatic carbocycles. The first-order chi connectivity index (χ1) is 13.2. The van der Waals surface area contributed by atoms with Gasteiger partial charge in [0.25, 0.3) is 0 Å². The smallest absolute Gasteiger partial charge is 0.317 e. The van der Waals surface area contributed by atoms with Crippen molar-refractivity contribution in [3.8, 4) is 5.75 Å². The fraction of sp³-hybridized carbons (Fsp3) is 0.667. The van der Waals surface area contributed by atoms with E-state index >= 15 is 0 Å². The van der Waals surface area contributed by atoms with Gasteiger partial charge in [0.15, 0.2) is 0 Å². The maximum Gasteiger partial charge on any atom is 0.317 e. The maximum atomic E-state index is 12.4. The summed E-state index contributed by atoms with van der Waals surface area (Å²) in [7, 11) is 1.70. The lowest BCUT2D eigenvalue weighted by atomic mass is 10.0. The van der Waals surface area contributed by atoms with Gasteiger partial charge in [0.05, 0.1) is 7.11 Å². The highest BCUT2D eigenvalue weighted by Crippen LogP contribution is 2.23. The van der Waals surface area contributed by atoms with E-state index in [0.29, 0.717) is 6.04 Å². The quantitative estimate of drug-likeness (QED) is 0.778. The van der Waals surface area contributed by atoms with Crippen molar-refractivity contribution in [1.82, 2.24) is 15.1 Å². The van der Waals surface area contributed by atoms with Gasteiger partial charge < -0.3 is 19.9 Å². The molecule has 1 aromatic carbocycles. The molecule has 0 spiro atoms. The zero-order valence-electron chi connectivity index (χ0n) is 16.8. The molecule has 0 unspecified atom stereocenters. The number of methoxy groups -OCH3 is 1. The van der Waals surface area contributed by atoms with Crippen LogP contribution in [0.5, 0.6) is 5.75 Å².